The number of thioether (sulfide) groups is 2. The van der Waals surface area contributed by atoms with Crippen LogP contribution in [0, 0.1) is 11.8 Å². The third-order valence-corrected chi connectivity index (χ3v) is 6.94. The molecule has 2 saturated heterocycles. The Bertz CT molecular complexity index is 811. The van der Waals surface area contributed by atoms with Gasteiger partial charge in [0.05, 0.1) is 44.0 Å². The molecule has 31 heavy (non-hydrogen) atoms. The summed E-state index contributed by atoms with van der Waals surface area (Å²) < 4.78 is 13.4. The SMILES string of the molecule is COC(=O)C1CSC/C1=N/O.COC(=O)C1CSCC1=O.COC(=O)c1cscc1N. The molecule has 3 rings (SSSR count). The average molecular weight is 493 g/mol. The molecule has 3 heterocycles. The van der Waals surface area contributed by atoms with Gasteiger partial charge in [-0.1, -0.05) is 5.16 Å². The van der Waals surface area contributed by atoms with Crippen LogP contribution >= 0.6 is 34.9 Å². The van der Waals surface area contributed by atoms with Crippen molar-refractivity contribution < 1.29 is 38.6 Å². The highest BCUT2D eigenvalue weighted by atomic mass is 32.2. The Kier molecular flexibility index (Phi) is 12.0. The molecular weight excluding hydrogens is 468 g/mol. The Morgan fingerprint density at radius 3 is 2.03 bits per heavy atom. The number of hydrogen-bond acceptors (Lipinski definition) is 13. The van der Waals surface area contributed by atoms with Crippen LogP contribution in [0.4, 0.5) is 5.69 Å². The van der Waals surface area contributed by atoms with Crippen molar-refractivity contribution in [2.45, 2.75) is 0 Å². The number of rotatable bonds is 3. The van der Waals surface area contributed by atoms with Crippen molar-refractivity contribution in [3.8, 4) is 0 Å². The number of carbonyl (C=O) groups excluding carboxylic acids is 4. The molecule has 2 fully saturated rings. The number of anilines is 1. The zero-order valence-electron chi connectivity index (χ0n) is 17.2. The van der Waals surface area contributed by atoms with Crippen molar-refractivity contribution in [1.29, 1.82) is 0 Å². The number of thiophene rings is 1. The molecule has 0 aliphatic carbocycles. The molecule has 3 N–H and O–H groups in total. The van der Waals surface area contributed by atoms with Crippen LogP contribution in [-0.4, -0.2) is 79.0 Å². The van der Waals surface area contributed by atoms with E-state index >= 15 is 0 Å². The van der Waals surface area contributed by atoms with Gasteiger partial charge in [-0.05, 0) is 0 Å². The second-order valence-electron chi connectivity index (χ2n) is 5.97. The Hall–Kier alpha value is -2.25. The Balaban J connectivity index is 0.000000233. The number of Topliss-reactive ketones (excluding diaryl/α,β-unsaturated/α-hetero) is 1. The fraction of sp³-hybridized carbons (Fsp3) is 0.500. The first-order valence-electron chi connectivity index (χ1n) is 8.75. The van der Waals surface area contributed by atoms with Gasteiger partial charge < -0.3 is 25.2 Å². The number of nitrogen functional groups attached to an aromatic ring is 1. The van der Waals surface area contributed by atoms with Gasteiger partial charge in [0, 0.05) is 28.0 Å². The largest absolute Gasteiger partial charge is 0.468 e. The van der Waals surface area contributed by atoms with E-state index in [-0.39, 0.29) is 23.6 Å². The first-order valence-corrected chi connectivity index (χ1v) is 12.0. The Morgan fingerprint density at radius 1 is 1.00 bits per heavy atom. The number of methoxy groups -OCH3 is 3. The summed E-state index contributed by atoms with van der Waals surface area (Å²) in [5.41, 5.74) is 6.88. The van der Waals surface area contributed by atoms with E-state index in [0.29, 0.717) is 40.0 Å². The van der Waals surface area contributed by atoms with Gasteiger partial charge in [-0.3, -0.25) is 14.4 Å². The molecule has 13 heteroatoms. The maximum atomic E-state index is 11.0. The lowest BCUT2D eigenvalue weighted by Crippen LogP contribution is -2.23. The second kappa shape index (κ2) is 13.9. The molecular formula is C18H24N2O8S3. The maximum Gasteiger partial charge on any atom is 0.340 e. The van der Waals surface area contributed by atoms with E-state index in [2.05, 4.69) is 19.4 Å². The van der Waals surface area contributed by atoms with Gasteiger partial charge in [-0.25, -0.2) is 4.79 Å². The van der Waals surface area contributed by atoms with Gasteiger partial charge in [0.2, 0.25) is 0 Å². The van der Waals surface area contributed by atoms with Crippen LogP contribution in [0.3, 0.4) is 0 Å². The first kappa shape index (κ1) is 26.8. The molecule has 2 aliphatic heterocycles. The lowest BCUT2D eigenvalue weighted by molar-refractivity contribution is -0.147. The first-order chi connectivity index (χ1) is 14.8. The molecule has 2 unspecified atom stereocenters. The van der Waals surface area contributed by atoms with E-state index in [1.807, 2.05) is 0 Å². The molecule has 0 radical (unpaired) electrons. The topological polar surface area (TPSA) is 155 Å². The van der Waals surface area contributed by atoms with Crippen molar-refractivity contribution in [3.63, 3.8) is 0 Å². The molecule has 0 spiro atoms. The van der Waals surface area contributed by atoms with Crippen molar-refractivity contribution >= 4 is 70.0 Å². The van der Waals surface area contributed by atoms with Gasteiger partial charge >= 0.3 is 17.9 Å². The quantitative estimate of drug-likeness (QED) is 0.208. The molecule has 0 aromatic carbocycles. The third kappa shape index (κ3) is 8.07. The molecule has 0 amide bonds. The van der Waals surface area contributed by atoms with Gasteiger partial charge in [0.1, 0.15) is 11.8 Å². The number of hydrogen-bond donors (Lipinski definition) is 2. The van der Waals surface area contributed by atoms with E-state index in [1.165, 1.54) is 44.4 Å². The molecule has 172 valence electrons. The zero-order valence-corrected chi connectivity index (χ0v) is 19.6. The van der Waals surface area contributed by atoms with Crippen LogP contribution in [0.15, 0.2) is 15.9 Å². The summed E-state index contributed by atoms with van der Waals surface area (Å²) in [6, 6.07) is 0. The minimum Gasteiger partial charge on any atom is -0.468 e. The van der Waals surface area contributed by atoms with Gasteiger partial charge in [-0.15, -0.1) is 11.3 Å². The van der Waals surface area contributed by atoms with Crippen LogP contribution in [0.25, 0.3) is 0 Å². The monoisotopic (exact) mass is 492 g/mol. The molecule has 10 nitrogen and oxygen atoms in total. The zero-order chi connectivity index (χ0) is 23.4. The number of oxime groups is 1. The van der Waals surface area contributed by atoms with Crippen molar-refractivity contribution in [1.82, 2.24) is 0 Å². The molecule has 0 bridgehead atoms. The normalized spacial score (nSPS) is 20.7. The van der Waals surface area contributed by atoms with Crippen LogP contribution in [0.2, 0.25) is 0 Å². The molecule has 0 saturated carbocycles. The summed E-state index contributed by atoms with van der Waals surface area (Å²) in [6.45, 7) is 0. The smallest absolute Gasteiger partial charge is 0.340 e. The summed E-state index contributed by atoms with van der Waals surface area (Å²) in [5, 5.41) is 14.8. The fourth-order valence-corrected chi connectivity index (χ4v) is 5.26. The van der Waals surface area contributed by atoms with Crippen LogP contribution < -0.4 is 5.73 Å². The maximum absolute atomic E-state index is 11.0. The molecule has 1 aromatic rings. The Morgan fingerprint density at radius 2 is 1.58 bits per heavy atom. The average Bonchev–Trinajstić information content (AvgIpc) is 3.53. The second-order valence-corrected chi connectivity index (χ2v) is 8.78. The molecule has 2 aliphatic rings. The van der Waals surface area contributed by atoms with E-state index in [9.17, 15) is 19.2 Å². The number of nitrogens with two attached hydrogens (primary N) is 1. The van der Waals surface area contributed by atoms with Gasteiger partial charge in [0.15, 0.2) is 5.78 Å². The van der Waals surface area contributed by atoms with E-state index in [1.54, 1.807) is 22.5 Å². The number of ether oxygens (including phenoxy) is 3. The summed E-state index contributed by atoms with van der Waals surface area (Å²) in [4.78, 5) is 43.4. The van der Waals surface area contributed by atoms with Crippen molar-refractivity contribution in [2.24, 2.45) is 17.0 Å². The van der Waals surface area contributed by atoms with Crippen LogP contribution in [0.5, 0.6) is 0 Å². The molecule has 2 atom stereocenters. The minimum atomic E-state index is -0.491. The Labute approximate surface area is 191 Å². The predicted molar refractivity (Wildman–Crippen MR) is 120 cm³/mol. The highest BCUT2D eigenvalue weighted by molar-refractivity contribution is 8.00. The summed E-state index contributed by atoms with van der Waals surface area (Å²) in [6.07, 6.45) is 0. The van der Waals surface area contributed by atoms with Crippen molar-refractivity contribution in [2.75, 3.05) is 50.1 Å². The standard InChI is InChI=1S/C6H9NO3S.C6H7NO2S.C6H8O3S/c1-10-6(8)4-2-11-3-5(4)7-9;2*1-9-6(8)4-2-10-3-5(4)7/h4,9H,2-3H2,1H3;2-3H,7H2,1H3;4H,2-3H2,1H3/b7-5-;;. The number of ketones is 1. The summed E-state index contributed by atoms with van der Waals surface area (Å²) in [7, 11) is 3.97. The van der Waals surface area contributed by atoms with E-state index < -0.39 is 11.9 Å². The fourth-order valence-electron chi connectivity index (χ4n) is 2.32. The van der Waals surface area contributed by atoms with Crippen LogP contribution in [-0.2, 0) is 28.6 Å². The summed E-state index contributed by atoms with van der Waals surface area (Å²) >= 11 is 4.43. The van der Waals surface area contributed by atoms with Crippen molar-refractivity contribution in [3.05, 3.63) is 16.3 Å². The minimum absolute atomic E-state index is 0.00292. The lowest BCUT2D eigenvalue weighted by Gasteiger charge is -2.04. The van der Waals surface area contributed by atoms with E-state index in [4.69, 9.17) is 10.9 Å². The number of carbonyl (C=O) groups is 4. The highest BCUT2D eigenvalue weighted by Gasteiger charge is 2.32. The predicted octanol–water partition coefficient (Wildman–Crippen LogP) is 1.56. The number of esters is 3. The number of nitrogens with zero attached hydrogens (tertiary/aromatic N) is 1. The highest BCUT2D eigenvalue weighted by Crippen LogP contribution is 2.22. The summed E-state index contributed by atoms with van der Waals surface area (Å²) in [5.74, 6) is 0.409. The van der Waals surface area contributed by atoms with Gasteiger partial charge in [-0.2, -0.15) is 23.5 Å². The lowest BCUT2D eigenvalue weighted by atomic mass is 10.1. The third-order valence-electron chi connectivity index (χ3n) is 4.05. The van der Waals surface area contributed by atoms with Gasteiger partial charge in [0.25, 0.3) is 0 Å². The van der Waals surface area contributed by atoms with E-state index in [0.717, 1.165) is 0 Å². The van der Waals surface area contributed by atoms with Crippen LogP contribution in [0.1, 0.15) is 10.4 Å². The molecule has 1 aromatic heterocycles.